The summed E-state index contributed by atoms with van der Waals surface area (Å²) < 4.78 is 5.13. The van der Waals surface area contributed by atoms with E-state index in [1.807, 2.05) is 30.3 Å². The van der Waals surface area contributed by atoms with E-state index in [0.717, 1.165) is 5.56 Å². The van der Waals surface area contributed by atoms with Crippen molar-refractivity contribution in [3.8, 4) is 0 Å². The molecule has 0 aromatic heterocycles. The number of carbonyl (C=O) groups is 4. The molecule has 0 aliphatic heterocycles. The maximum atomic E-state index is 12.8. The Kier molecular flexibility index (Phi) is 8.56. The number of hydrogen-bond acceptors (Lipinski definition) is 5. The van der Waals surface area contributed by atoms with Gasteiger partial charge in [0, 0.05) is 14.1 Å². The number of nitrogens with zero attached hydrogens (tertiary/aromatic N) is 1. The number of nitrogens with one attached hydrogen (secondary N) is 3. The highest BCUT2D eigenvalue weighted by Crippen LogP contribution is 2.17. The minimum Gasteiger partial charge on any atom is -0.445 e. The van der Waals surface area contributed by atoms with Crippen LogP contribution in [0.3, 0.4) is 0 Å². The van der Waals surface area contributed by atoms with Gasteiger partial charge in [-0.1, -0.05) is 42.5 Å². The van der Waals surface area contributed by atoms with Crippen LogP contribution < -0.4 is 16.0 Å². The van der Waals surface area contributed by atoms with Crippen LogP contribution in [0.1, 0.15) is 36.7 Å². The number of amides is 4. The molecule has 9 heteroatoms. The van der Waals surface area contributed by atoms with Gasteiger partial charge < -0.3 is 25.6 Å². The summed E-state index contributed by atoms with van der Waals surface area (Å²) in [5.74, 6) is -1.33. The average Bonchev–Trinajstić information content (AvgIpc) is 2.77. The van der Waals surface area contributed by atoms with Gasteiger partial charge in [0.25, 0.3) is 5.91 Å². The van der Waals surface area contributed by atoms with Gasteiger partial charge >= 0.3 is 6.09 Å². The molecule has 1 unspecified atom stereocenters. The minimum atomic E-state index is -1.14. The van der Waals surface area contributed by atoms with Crippen LogP contribution in [-0.4, -0.2) is 54.4 Å². The first-order valence-electron chi connectivity index (χ1n) is 10.4. The van der Waals surface area contributed by atoms with E-state index in [2.05, 4.69) is 16.0 Å². The fraction of sp³-hybridized carbons (Fsp3) is 0.333. The molecule has 2 aromatic rings. The molecule has 9 nitrogen and oxygen atoms in total. The molecule has 0 bridgehead atoms. The molecule has 0 aliphatic carbocycles. The largest absolute Gasteiger partial charge is 0.445 e. The summed E-state index contributed by atoms with van der Waals surface area (Å²) in [6, 6.07) is 14.6. The second-order valence-electron chi connectivity index (χ2n) is 8.24. The fourth-order valence-electron chi connectivity index (χ4n) is 3.00. The second kappa shape index (κ2) is 11.1. The normalized spacial score (nSPS) is 11.7. The Morgan fingerprint density at radius 1 is 0.970 bits per heavy atom. The Labute approximate surface area is 193 Å². The van der Waals surface area contributed by atoms with Crippen molar-refractivity contribution in [3.63, 3.8) is 0 Å². The van der Waals surface area contributed by atoms with Crippen molar-refractivity contribution in [1.29, 1.82) is 0 Å². The minimum absolute atomic E-state index is 0.0749. The average molecular weight is 455 g/mol. The molecule has 0 heterocycles. The lowest BCUT2D eigenvalue weighted by molar-refractivity contribution is -0.134. The third-order valence-corrected chi connectivity index (χ3v) is 4.74. The highest BCUT2D eigenvalue weighted by Gasteiger charge is 2.32. The Bertz CT molecular complexity index is 1000. The zero-order chi connectivity index (χ0) is 24.6. The highest BCUT2D eigenvalue weighted by atomic mass is 16.5. The van der Waals surface area contributed by atoms with E-state index in [9.17, 15) is 19.2 Å². The first kappa shape index (κ1) is 25.4. The Balaban J connectivity index is 1.99. The van der Waals surface area contributed by atoms with Crippen LogP contribution in [0.2, 0.25) is 0 Å². The number of hydrogen-bond donors (Lipinski definition) is 3. The molecule has 0 saturated carbocycles. The third kappa shape index (κ3) is 7.34. The molecule has 2 rings (SSSR count). The molecule has 0 fully saturated rings. The molecule has 3 N–H and O–H groups in total. The van der Waals surface area contributed by atoms with Crippen LogP contribution >= 0.6 is 0 Å². The number of alkyl carbamates (subject to hydrolysis) is 1. The van der Waals surface area contributed by atoms with Gasteiger partial charge in [-0.2, -0.15) is 0 Å². The zero-order valence-electron chi connectivity index (χ0n) is 19.5. The van der Waals surface area contributed by atoms with Gasteiger partial charge in [0.1, 0.15) is 18.2 Å². The van der Waals surface area contributed by atoms with Gasteiger partial charge in [0.15, 0.2) is 0 Å². The van der Waals surface area contributed by atoms with Crippen molar-refractivity contribution in [2.45, 2.75) is 39.0 Å². The number of benzene rings is 2. The number of anilines is 1. The second-order valence-corrected chi connectivity index (χ2v) is 8.24. The standard InChI is InChI=1S/C24H30N4O5/c1-16(25-23(32)33-15-17-11-7-6-8-12-17)20(29)26-19-14-10-9-13-18(19)21(30)27-24(2,3)22(31)28(4)5/h6-14,16H,15H2,1-5H3,(H,25,32)(H,26,29)(H,27,30). The van der Waals surface area contributed by atoms with Crippen LogP contribution in [0.4, 0.5) is 10.5 Å². The monoisotopic (exact) mass is 454 g/mol. The van der Waals surface area contributed by atoms with E-state index in [4.69, 9.17) is 4.74 Å². The molecule has 0 saturated heterocycles. The van der Waals surface area contributed by atoms with Crippen LogP contribution in [0, 0.1) is 0 Å². The summed E-state index contributed by atoms with van der Waals surface area (Å²) in [5, 5.41) is 7.79. The highest BCUT2D eigenvalue weighted by molar-refractivity contribution is 6.06. The first-order valence-corrected chi connectivity index (χ1v) is 10.4. The van der Waals surface area contributed by atoms with E-state index in [-0.39, 0.29) is 23.8 Å². The number of ether oxygens (including phenoxy) is 1. The van der Waals surface area contributed by atoms with E-state index in [0.29, 0.717) is 0 Å². The first-order chi connectivity index (χ1) is 15.5. The van der Waals surface area contributed by atoms with E-state index in [1.165, 1.54) is 17.9 Å². The fourth-order valence-corrected chi connectivity index (χ4v) is 3.00. The van der Waals surface area contributed by atoms with Crippen molar-refractivity contribution < 1.29 is 23.9 Å². The maximum absolute atomic E-state index is 12.8. The van der Waals surface area contributed by atoms with Crippen LogP contribution in [0.25, 0.3) is 0 Å². The van der Waals surface area contributed by atoms with E-state index >= 15 is 0 Å². The molecule has 176 valence electrons. The zero-order valence-corrected chi connectivity index (χ0v) is 19.5. The molecular weight excluding hydrogens is 424 g/mol. The summed E-state index contributed by atoms with van der Waals surface area (Å²) in [6.45, 7) is 4.77. The lowest BCUT2D eigenvalue weighted by atomic mass is 10.0. The lowest BCUT2D eigenvalue weighted by Gasteiger charge is -2.28. The SMILES string of the molecule is CC(NC(=O)OCc1ccccc1)C(=O)Nc1ccccc1C(=O)NC(C)(C)C(=O)N(C)C. The van der Waals surface area contributed by atoms with Crippen molar-refractivity contribution in [3.05, 3.63) is 65.7 Å². The van der Waals surface area contributed by atoms with Crippen LogP contribution in [-0.2, 0) is 20.9 Å². The van der Waals surface area contributed by atoms with E-state index in [1.54, 1.807) is 46.1 Å². The van der Waals surface area contributed by atoms with Crippen molar-refractivity contribution in [1.82, 2.24) is 15.5 Å². The Morgan fingerprint density at radius 3 is 2.21 bits per heavy atom. The summed E-state index contributed by atoms with van der Waals surface area (Å²) >= 11 is 0. The lowest BCUT2D eigenvalue weighted by Crippen LogP contribution is -2.54. The van der Waals surface area contributed by atoms with Crippen molar-refractivity contribution in [2.24, 2.45) is 0 Å². The Hall–Kier alpha value is -3.88. The maximum Gasteiger partial charge on any atom is 0.408 e. The predicted molar refractivity (Wildman–Crippen MR) is 125 cm³/mol. The molecule has 0 aliphatic rings. The molecule has 33 heavy (non-hydrogen) atoms. The number of likely N-dealkylation sites (N-methyl/N-ethyl adjacent to an activating group) is 1. The number of carbonyl (C=O) groups excluding carboxylic acids is 4. The van der Waals surface area contributed by atoms with Gasteiger partial charge in [-0.25, -0.2) is 4.79 Å². The molecular formula is C24H30N4O5. The smallest absolute Gasteiger partial charge is 0.408 e. The number of para-hydroxylation sites is 1. The van der Waals surface area contributed by atoms with Gasteiger partial charge in [-0.05, 0) is 38.5 Å². The molecule has 2 aromatic carbocycles. The van der Waals surface area contributed by atoms with Gasteiger partial charge in [-0.15, -0.1) is 0 Å². The summed E-state index contributed by atoms with van der Waals surface area (Å²) in [4.78, 5) is 51.2. The predicted octanol–water partition coefficient (Wildman–Crippen LogP) is 2.54. The summed E-state index contributed by atoms with van der Waals surface area (Å²) in [7, 11) is 3.20. The van der Waals surface area contributed by atoms with Crippen LogP contribution in [0.15, 0.2) is 54.6 Å². The van der Waals surface area contributed by atoms with Crippen molar-refractivity contribution >= 4 is 29.5 Å². The third-order valence-electron chi connectivity index (χ3n) is 4.74. The van der Waals surface area contributed by atoms with Gasteiger partial charge in [-0.3, -0.25) is 14.4 Å². The molecule has 0 spiro atoms. The summed E-state index contributed by atoms with van der Waals surface area (Å²) in [5.41, 5.74) is 0.110. The molecule has 4 amide bonds. The molecule has 1 atom stereocenters. The topological polar surface area (TPSA) is 117 Å². The van der Waals surface area contributed by atoms with E-state index < -0.39 is 29.5 Å². The quantitative estimate of drug-likeness (QED) is 0.567. The summed E-state index contributed by atoms with van der Waals surface area (Å²) in [6.07, 6.45) is -0.739. The van der Waals surface area contributed by atoms with Gasteiger partial charge in [0.2, 0.25) is 11.8 Å². The van der Waals surface area contributed by atoms with Crippen molar-refractivity contribution in [2.75, 3.05) is 19.4 Å². The Morgan fingerprint density at radius 2 is 1.58 bits per heavy atom. The molecule has 0 radical (unpaired) electrons. The number of rotatable bonds is 8. The van der Waals surface area contributed by atoms with Crippen LogP contribution in [0.5, 0.6) is 0 Å². The van der Waals surface area contributed by atoms with Gasteiger partial charge in [0.05, 0.1) is 11.3 Å².